The summed E-state index contributed by atoms with van der Waals surface area (Å²) in [6, 6.07) is 5.84. The summed E-state index contributed by atoms with van der Waals surface area (Å²) in [7, 11) is 3.44. The van der Waals surface area contributed by atoms with E-state index in [1.807, 2.05) is 25.2 Å². The fraction of sp³-hybridized carbons (Fsp3) is 0.500. The van der Waals surface area contributed by atoms with E-state index < -0.39 is 0 Å². The lowest BCUT2D eigenvalue weighted by Crippen LogP contribution is -2.14. The summed E-state index contributed by atoms with van der Waals surface area (Å²) in [5.41, 5.74) is 1.85. The van der Waals surface area contributed by atoms with Crippen LogP contribution < -0.4 is 10.1 Å². The first-order valence-electron chi connectivity index (χ1n) is 5.96. The van der Waals surface area contributed by atoms with Gasteiger partial charge in [0.25, 0.3) is 0 Å². The van der Waals surface area contributed by atoms with Crippen molar-refractivity contribution in [2.45, 2.75) is 26.2 Å². The van der Waals surface area contributed by atoms with E-state index in [0.717, 1.165) is 0 Å². The van der Waals surface area contributed by atoms with E-state index in [2.05, 4.69) is 19.2 Å². The first kappa shape index (κ1) is 13.7. The van der Waals surface area contributed by atoms with Gasteiger partial charge in [0.2, 0.25) is 0 Å². The summed E-state index contributed by atoms with van der Waals surface area (Å²) >= 11 is 0. The average molecular weight is 235 g/mol. The first-order chi connectivity index (χ1) is 8.10. The molecule has 0 aliphatic rings. The summed E-state index contributed by atoms with van der Waals surface area (Å²) in [6.07, 6.45) is 0.494. The molecule has 0 aromatic heterocycles. The number of ketones is 1. The van der Waals surface area contributed by atoms with E-state index in [4.69, 9.17) is 4.74 Å². The van der Waals surface area contributed by atoms with Crippen LogP contribution in [0.1, 0.15) is 42.1 Å². The Balaban J connectivity index is 3.01. The second kappa shape index (κ2) is 6.40. The molecule has 1 N–H and O–H groups in total. The minimum atomic E-state index is 0.124. The van der Waals surface area contributed by atoms with Gasteiger partial charge in [-0.15, -0.1) is 0 Å². The topological polar surface area (TPSA) is 38.3 Å². The normalized spacial score (nSPS) is 10.6. The predicted molar refractivity (Wildman–Crippen MR) is 70.0 cm³/mol. The van der Waals surface area contributed by atoms with Crippen molar-refractivity contribution in [1.82, 2.24) is 5.32 Å². The number of rotatable bonds is 6. The molecule has 0 spiro atoms. The van der Waals surface area contributed by atoms with Gasteiger partial charge in [-0.05, 0) is 30.7 Å². The molecule has 0 saturated heterocycles. The van der Waals surface area contributed by atoms with Crippen LogP contribution in [0.25, 0.3) is 0 Å². The van der Waals surface area contributed by atoms with Crippen LogP contribution >= 0.6 is 0 Å². The molecule has 94 valence electrons. The number of hydrogen-bond donors (Lipinski definition) is 1. The predicted octanol–water partition coefficient (Wildman–Crippen LogP) is 2.61. The van der Waals surface area contributed by atoms with Crippen molar-refractivity contribution in [2.75, 3.05) is 20.7 Å². The highest BCUT2D eigenvalue weighted by Gasteiger charge is 2.13. The van der Waals surface area contributed by atoms with Crippen molar-refractivity contribution in [3.05, 3.63) is 29.3 Å². The Labute approximate surface area is 103 Å². The van der Waals surface area contributed by atoms with E-state index in [1.165, 1.54) is 5.56 Å². The highest BCUT2D eigenvalue weighted by atomic mass is 16.5. The van der Waals surface area contributed by atoms with Crippen LogP contribution in [0.4, 0.5) is 0 Å². The van der Waals surface area contributed by atoms with Gasteiger partial charge in [0.15, 0.2) is 5.78 Å². The fourth-order valence-electron chi connectivity index (χ4n) is 1.68. The summed E-state index contributed by atoms with van der Waals surface area (Å²) < 4.78 is 5.24. The van der Waals surface area contributed by atoms with E-state index >= 15 is 0 Å². The molecular weight excluding hydrogens is 214 g/mol. The molecule has 0 aliphatic carbocycles. The van der Waals surface area contributed by atoms with Crippen LogP contribution in [0.2, 0.25) is 0 Å². The summed E-state index contributed by atoms with van der Waals surface area (Å²) in [6.45, 7) is 4.92. The van der Waals surface area contributed by atoms with Crippen molar-refractivity contribution < 1.29 is 9.53 Å². The standard InChI is InChI=1S/C14H21NO2/c1-10(2)11-5-6-14(17-4)12(9-11)13(16)7-8-15-3/h5-6,9-10,15H,7-8H2,1-4H3. The van der Waals surface area contributed by atoms with Gasteiger partial charge in [-0.25, -0.2) is 0 Å². The average Bonchev–Trinajstić information content (AvgIpc) is 2.34. The van der Waals surface area contributed by atoms with E-state index in [1.54, 1.807) is 7.11 Å². The number of benzene rings is 1. The minimum absolute atomic E-state index is 0.124. The number of hydrogen-bond acceptors (Lipinski definition) is 3. The van der Waals surface area contributed by atoms with Crippen LogP contribution in [0, 0.1) is 0 Å². The Kier molecular flexibility index (Phi) is 5.16. The molecule has 3 nitrogen and oxygen atoms in total. The van der Waals surface area contributed by atoms with Crippen molar-refractivity contribution in [3.8, 4) is 5.75 Å². The number of carbonyl (C=O) groups is 1. The zero-order chi connectivity index (χ0) is 12.8. The Morgan fingerprint density at radius 1 is 1.41 bits per heavy atom. The lowest BCUT2D eigenvalue weighted by molar-refractivity contribution is 0.0980. The van der Waals surface area contributed by atoms with Crippen LogP contribution in [0.5, 0.6) is 5.75 Å². The lowest BCUT2D eigenvalue weighted by Gasteiger charge is -2.12. The zero-order valence-corrected chi connectivity index (χ0v) is 11.0. The van der Waals surface area contributed by atoms with E-state index in [9.17, 15) is 4.79 Å². The van der Waals surface area contributed by atoms with Gasteiger partial charge in [0.05, 0.1) is 12.7 Å². The monoisotopic (exact) mass is 235 g/mol. The van der Waals surface area contributed by atoms with E-state index in [0.29, 0.717) is 30.2 Å². The quantitative estimate of drug-likeness (QED) is 0.770. The highest BCUT2D eigenvalue weighted by molar-refractivity contribution is 5.99. The Hall–Kier alpha value is -1.35. The maximum atomic E-state index is 12.0. The molecule has 1 rings (SSSR count). The summed E-state index contributed by atoms with van der Waals surface area (Å²) in [4.78, 5) is 12.0. The SMILES string of the molecule is CNCCC(=O)c1cc(C(C)C)ccc1OC. The van der Waals surface area contributed by atoms with Crippen molar-refractivity contribution in [3.63, 3.8) is 0 Å². The molecule has 0 amide bonds. The smallest absolute Gasteiger partial charge is 0.167 e. The molecule has 0 atom stereocenters. The molecule has 0 aliphatic heterocycles. The molecule has 3 heteroatoms. The minimum Gasteiger partial charge on any atom is -0.496 e. The van der Waals surface area contributed by atoms with Crippen molar-refractivity contribution >= 4 is 5.78 Å². The van der Waals surface area contributed by atoms with Gasteiger partial charge in [0.1, 0.15) is 5.75 Å². The molecule has 0 radical (unpaired) electrons. The second-order valence-corrected chi connectivity index (χ2v) is 4.39. The second-order valence-electron chi connectivity index (χ2n) is 4.39. The molecule has 17 heavy (non-hydrogen) atoms. The first-order valence-corrected chi connectivity index (χ1v) is 5.96. The molecule has 1 aromatic rings. The van der Waals surface area contributed by atoms with Crippen molar-refractivity contribution in [1.29, 1.82) is 0 Å². The number of Topliss-reactive ketones (excluding diaryl/α,β-unsaturated/α-hetero) is 1. The lowest BCUT2D eigenvalue weighted by atomic mass is 9.97. The maximum absolute atomic E-state index is 12.0. The maximum Gasteiger partial charge on any atom is 0.167 e. The third-order valence-corrected chi connectivity index (χ3v) is 2.79. The largest absolute Gasteiger partial charge is 0.496 e. The number of ether oxygens (including phenoxy) is 1. The molecule has 0 fully saturated rings. The number of nitrogens with one attached hydrogen (secondary N) is 1. The number of carbonyl (C=O) groups excluding carboxylic acids is 1. The Morgan fingerprint density at radius 3 is 2.65 bits per heavy atom. The van der Waals surface area contributed by atoms with Gasteiger partial charge >= 0.3 is 0 Å². The highest BCUT2D eigenvalue weighted by Crippen LogP contribution is 2.25. The molecule has 1 aromatic carbocycles. The summed E-state index contributed by atoms with van der Waals surface area (Å²) in [5.74, 6) is 1.20. The molecule has 0 heterocycles. The zero-order valence-electron chi connectivity index (χ0n) is 11.0. The van der Waals surface area contributed by atoms with Gasteiger partial charge in [-0.1, -0.05) is 19.9 Å². The van der Waals surface area contributed by atoms with Gasteiger partial charge in [0, 0.05) is 13.0 Å². The van der Waals surface area contributed by atoms with Crippen LogP contribution in [-0.4, -0.2) is 26.5 Å². The van der Waals surface area contributed by atoms with Gasteiger partial charge in [-0.3, -0.25) is 4.79 Å². The third-order valence-electron chi connectivity index (χ3n) is 2.79. The van der Waals surface area contributed by atoms with Crippen LogP contribution in [-0.2, 0) is 0 Å². The van der Waals surface area contributed by atoms with Gasteiger partial charge in [-0.2, -0.15) is 0 Å². The molecule has 0 bridgehead atoms. The van der Waals surface area contributed by atoms with Crippen LogP contribution in [0.15, 0.2) is 18.2 Å². The van der Waals surface area contributed by atoms with Crippen LogP contribution in [0.3, 0.4) is 0 Å². The fourth-order valence-corrected chi connectivity index (χ4v) is 1.68. The Bertz CT molecular complexity index is 386. The number of methoxy groups -OCH3 is 1. The van der Waals surface area contributed by atoms with Crippen molar-refractivity contribution in [2.24, 2.45) is 0 Å². The molecule has 0 saturated carbocycles. The van der Waals surface area contributed by atoms with E-state index in [-0.39, 0.29) is 5.78 Å². The summed E-state index contributed by atoms with van der Waals surface area (Å²) in [5, 5.41) is 2.98. The molecule has 0 unspecified atom stereocenters. The Morgan fingerprint density at radius 2 is 2.12 bits per heavy atom. The third kappa shape index (κ3) is 3.56. The van der Waals surface area contributed by atoms with Gasteiger partial charge < -0.3 is 10.1 Å². The molecular formula is C14H21NO2.